The lowest BCUT2D eigenvalue weighted by Gasteiger charge is -2.34. The molecule has 0 spiro atoms. The van der Waals surface area contributed by atoms with E-state index in [4.69, 9.17) is 4.74 Å². The van der Waals surface area contributed by atoms with Gasteiger partial charge in [0.1, 0.15) is 0 Å². The van der Waals surface area contributed by atoms with Crippen LogP contribution in [0.3, 0.4) is 0 Å². The molecular weight excluding hydrogens is 260 g/mol. The van der Waals surface area contributed by atoms with Crippen LogP contribution in [0.2, 0.25) is 0 Å². The number of anilines is 1. The maximum atomic E-state index is 5.93. The third-order valence-electron chi connectivity index (χ3n) is 4.35. The Hall–Kier alpha value is -1.06. The number of nitrogens with zero attached hydrogens (tertiary/aromatic N) is 1. The second-order valence-electron chi connectivity index (χ2n) is 5.92. The van der Waals surface area contributed by atoms with Gasteiger partial charge < -0.3 is 15.0 Å². The molecule has 2 rings (SSSR count). The van der Waals surface area contributed by atoms with Gasteiger partial charge in [-0.15, -0.1) is 0 Å². The third-order valence-corrected chi connectivity index (χ3v) is 4.35. The number of nitrogens with one attached hydrogen (secondary N) is 1. The average molecular weight is 290 g/mol. The summed E-state index contributed by atoms with van der Waals surface area (Å²) in [5.74, 6) is 0. The number of ether oxygens (including phenoxy) is 1. The quantitative estimate of drug-likeness (QED) is 0.827. The molecular formula is C18H30N2O. The molecule has 1 saturated heterocycles. The lowest BCUT2D eigenvalue weighted by Crippen LogP contribution is -2.39. The van der Waals surface area contributed by atoms with E-state index in [0.29, 0.717) is 12.1 Å². The Morgan fingerprint density at radius 3 is 2.67 bits per heavy atom. The lowest BCUT2D eigenvalue weighted by molar-refractivity contribution is 0.0440. The van der Waals surface area contributed by atoms with Crippen molar-refractivity contribution in [1.29, 1.82) is 0 Å². The van der Waals surface area contributed by atoms with Crippen LogP contribution >= 0.6 is 0 Å². The monoisotopic (exact) mass is 290 g/mol. The van der Waals surface area contributed by atoms with Crippen molar-refractivity contribution in [3.8, 4) is 0 Å². The summed E-state index contributed by atoms with van der Waals surface area (Å²) in [5, 5.41) is 3.36. The highest BCUT2D eigenvalue weighted by atomic mass is 16.5. The molecule has 0 bridgehead atoms. The second kappa shape index (κ2) is 8.40. The summed E-state index contributed by atoms with van der Waals surface area (Å²) >= 11 is 0. The van der Waals surface area contributed by atoms with Crippen LogP contribution < -0.4 is 10.2 Å². The Labute approximate surface area is 129 Å². The maximum absolute atomic E-state index is 5.93. The van der Waals surface area contributed by atoms with Crippen LogP contribution in [0.5, 0.6) is 0 Å². The summed E-state index contributed by atoms with van der Waals surface area (Å²) in [4.78, 5) is 2.47. The van der Waals surface area contributed by atoms with E-state index in [0.717, 1.165) is 32.5 Å². The molecule has 1 aliphatic rings. The SMILES string of the molecule is CCCOC1CCCN(c2ccc(C(CC)NC)cc2)C1. The van der Waals surface area contributed by atoms with Gasteiger partial charge in [-0.25, -0.2) is 0 Å². The van der Waals surface area contributed by atoms with Crippen LogP contribution in [0.4, 0.5) is 5.69 Å². The minimum Gasteiger partial charge on any atom is -0.376 e. The predicted molar refractivity (Wildman–Crippen MR) is 90.0 cm³/mol. The zero-order chi connectivity index (χ0) is 15.1. The molecule has 1 N–H and O–H groups in total. The molecule has 0 aromatic heterocycles. The Kier molecular flexibility index (Phi) is 6.52. The van der Waals surface area contributed by atoms with E-state index in [1.165, 1.54) is 24.1 Å². The van der Waals surface area contributed by atoms with Crippen molar-refractivity contribution in [1.82, 2.24) is 5.32 Å². The molecule has 0 aliphatic carbocycles. The van der Waals surface area contributed by atoms with Crippen molar-refractivity contribution < 1.29 is 4.74 Å². The minimum absolute atomic E-state index is 0.402. The van der Waals surface area contributed by atoms with Gasteiger partial charge >= 0.3 is 0 Å². The van der Waals surface area contributed by atoms with E-state index in [9.17, 15) is 0 Å². The highest BCUT2D eigenvalue weighted by molar-refractivity contribution is 5.48. The van der Waals surface area contributed by atoms with Crippen molar-refractivity contribution in [3.63, 3.8) is 0 Å². The Morgan fingerprint density at radius 2 is 2.05 bits per heavy atom. The molecule has 3 nitrogen and oxygen atoms in total. The molecule has 118 valence electrons. The fourth-order valence-electron chi connectivity index (χ4n) is 3.12. The first-order valence-corrected chi connectivity index (χ1v) is 8.42. The van der Waals surface area contributed by atoms with Gasteiger partial charge in [-0.05, 0) is 50.4 Å². The summed E-state index contributed by atoms with van der Waals surface area (Å²) < 4.78 is 5.93. The average Bonchev–Trinajstić information content (AvgIpc) is 2.55. The Morgan fingerprint density at radius 1 is 1.29 bits per heavy atom. The predicted octanol–water partition coefficient (Wildman–Crippen LogP) is 3.75. The second-order valence-corrected chi connectivity index (χ2v) is 5.92. The topological polar surface area (TPSA) is 24.5 Å². The molecule has 0 radical (unpaired) electrons. The number of piperidine rings is 1. The summed E-state index contributed by atoms with van der Waals surface area (Å²) in [6.45, 7) is 7.45. The zero-order valence-electron chi connectivity index (χ0n) is 13.8. The summed E-state index contributed by atoms with van der Waals surface area (Å²) in [6.07, 6.45) is 5.05. The maximum Gasteiger partial charge on any atom is 0.0750 e. The third kappa shape index (κ3) is 4.45. The fourth-order valence-corrected chi connectivity index (χ4v) is 3.12. The standard InChI is InChI=1S/C18H30N2O/c1-4-13-21-17-7-6-12-20(14-17)16-10-8-15(9-11-16)18(5-2)19-3/h8-11,17-19H,4-7,12-14H2,1-3H3. The van der Waals surface area contributed by atoms with E-state index < -0.39 is 0 Å². The smallest absolute Gasteiger partial charge is 0.0750 e. The van der Waals surface area contributed by atoms with Crippen LogP contribution in [0, 0.1) is 0 Å². The highest BCUT2D eigenvalue weighted by Gasteiger charge is 2.20. The first kappa shape index (κ1) is 16.3. The minimum atomic E-state index is 0.402. The first-order valence-electron chi connectivity index (χ1n) is 8.42. The molecule has 1 fully saturated rings. The van der Waals surface area contributed by atoms with Crippen LogP contribution in [-0.2, 0) is 4.74 Å². The van der Waals surface area contributed by atoms with Crippen molar-refractivity contribution in [2.75, 3.05) is 31.6 Å². The number of hydrogen-bond acceptors (Lipinski definition) is 3. The van der Waals surface area contributed by atoms with E-state index in [1.54, 1.807) is 0 Å². The van der Waals surface area contributed by atoms with Crippen LogP contribution in [-0.4, -0.2) is 32.8 Å². The Balaban J connectivity index is 1.97. The molecule has 1 heterocycles. The molecule has 1 aromatic rings. The van der Waals surface area contributed by atoms with Crippen molar-refractivity contribution in [2.45, 2.75) is 51.7 Å². The normalized spacial score (nSPS) is 20.5. The fraction of sp³-hybridized carbons (Fsp3) is 0.667. The van der Waals surface area contributed by atoms with E-state index in [-0.39, 0.29) is 0 Å². The first-order chi connectivity index (χ1) is 10.3. The number of hydrogen-bond donors (Lipinski definition) is 1. The zero-order valence-corrected chi connectivity index (χ0v) is 13.8. The van der Waals surface area contributed by atoms with Crippen molar-refractivity contribution in [2.24, 2.45) is 0 Å². The van der Waals surface area contributed by atoms with E-state index >= 15 is 0 Å². The number of benzene rings is 1. The van der Waals surface area contributed by atoms with Gasteiger partial charge in [-0.3, -0.25) is 0 Å². The van der Waals surface area contributed by atoms with Gasteiger partial charge in [0.25, 0.3) is 0 Å². The van der Waals surface area contributed by atoms with Crippen LogP contribution in [0.15, 0.2) is 24.3 Å². The van der Waals surface area contributed by atoms with Crippen LogP contribution in [0.1, 0.15) is 51.1 Å². The van der Waals surface area contributed by atoms with Crippen molar-refractivity contribution in [3.05, 3.63) is 29.8 Å². The van der Waals surface area contributed by atoms with Gasteiger partial charge in [-0.2, -0.15) is 0 Å². The molecule has 0 saturated carbocycles. The molecule has 1 aliphatic heterocycles. The van der Waals surface area contributed by atoms with Gasteiger partial charge in [0.05, 0.1) is 6.10 Å². The molecule has 21 heavy (non-hydrogen) atoms. The summed E-state index contributed by atoms with van der Waals surface area (Å²) in [5.41, 5.74) is 2.70. The largest absolute Gasteiger partial charge is 0.376 e. The van der Waals surface area contributed by atoms with Gasteiger partial charge in [0.2, 0.25) is 0 Å². The number of rotatable bonds is 7. The van der Waals surface area contributed by atoms with Gasteiger partial charge in [0, 0.05) is 31.4 Å². The molecule has 2 atom stereocenters. The molecule has 1 aromatic carbocycles. The Bertz CT molecular complexity index is 400. The molecule has 2 unspecified atom stereocenters. The molecule has 3 heteroatoms. The van der Waals surface area contributed by atoms with Crippen LogP contribution in [0.25, 0.3) is 0 Å². The van der Waals surface area contributed by atoms with E-state index in [1.807, 2.05) is 7.05 Å². The van der Waals surface area contributed by atoms with Gasteiger partial charge in [-0.1, -0.05) is 26.0 Å². The highest BCUT2D eigenvalue weighted by Crippen LogP contribution is 2.24. The van der Waals surface area contributed by atoms with Crippen molar-refractivity contribution >= 4 is 5.69 Å². The summed E-state index contributed by atoms with van der Waals surface area (Å²) in [7, 11) is 2.03. The van der Waals surface area contributed by atoms with E-state index in [2.05, 4.69) is 48.3 Å². The lowest BCUT2D eigenvalue weighted by atomic mass is 10.0. The summed E-state index contributed by atoms with van der Waals surface area (Å²) in [6, 6.07) is 9.50. The van der Waals surface area contributed by atoms with Gasteiger partial charge in [0.15, 0.2) is 0 Å². The molecule has 0 amide bonds.